The van der Waals surface area contributed by atoms with Gasteiger partial charge in [-0.2, -0.15) is 0 Å². The second-order valence-corrected chi connectivity index (χ2v) is 5.77. The molecule has 1 aromatic heterocycles. The van der Waals surface area contributed by atoms with Crippen LogP contribution in [0.5, 0.6) is 5.75 Å². The van der Waals surface area contributed by atoms with Crippen LogP contribution in [0.15, 0.2) is 53.4 Å². The topological polar surface area (TPSA) is 60.2 Å². The van der Waals surface area contributed by atoms with Crippen molar-refractivity contribution in [1.82, 2.24) is 15.0 Å². The first-order valence-corrected chi connectivity index (χ1v) is 8.33. The van der Waals surface area contributed by atoms with Crippen LogP contribution in [0.1, 0.15) is 5.69 Å². The first kappa shape index (κ1) is 15.6. The Morgan fingerprint density at radius 1 is 1.17 bits per heavy atom. The van der Waals surface area contributed by atoms with Gasteiger partial charge in [0.15, 0.2) is 0 Å². The largest absolute Gasteiger partial charge is 0.497 e. The lowest BCUT2D eigenvalue weighted by atomic mass is 10.1. The molecule has 0 radical (unpaired) electrons. The summed E-state index contributed by atoms with van der Waals surface area (Å²) in [5, 5.41) is 18.0. The maximum Gasteiger partial charge on any atom is 0.119 e. The summed E-state index contributed by atoms with van der Waals surface area (Å²) < 4.78 is 7.04. The van der Waals surface area contributed by atoms with Gasteiger partial charge in [0.25, 0.3) is 0 Å². The van der Waals surface area contributed by atoms with Crippen molar-refractivity contribution in [3.8, 4) is 22.7 Å². The minimum Gasteiger partial charge on any atom is -0.497 e. The van der Waals surface area contributed by atoms with Crippen LogP contribution in [0.3, 0.4) is 0 Å². The number of aliphatic hydroxyl groups excluding tert-OH is 1. The molecular formula is C17H17N3O2S. The average Bonchev–Trinajstić information content (AvgIpc) is 3.06. The number of benzene rings is 2. The second-order valence-electron chi connectivity index (χ2n) is 4.89. The van der Waals surface area contributed by atoms with Crippen LogP contribution in [0.25, 0.3) is 16.9 Å². The van der Waals surface area contributed by atoms with Gasteiger partial charge in [-0.05, 0) is 36.6 Å². The number of thioether (sulfide) groups is 1. The normalized spacial score (nSPS) is 10.7. The Bertz CT molecular complexity index is 817. The van der Waals surface area contributed by atoms with Crippen molar-refractivity contribution >= 4 is 11.8 Å². The summed E-state index contributed by atoms with van der Waals surface area (Å²) in [6.07, 6.45) is 2.03. The van der Waals surface area contributed by atoms with Gasteiger partial charge >= 0.3 is 0 Å². The van der Waals surface area contributed by atoms with E-state index in [4.69, 9.17) is 4.74 Å². The second kappa shape index (κ2) is 6.85. The number of aliphatic hydroxyl groups is 1. The first-order valence-electron chi connectivity index (χ1n) is 7.11. The fourth-order valence-electron chi connectivity index (χ4n) is 2.40. The Morgan fingerprint density at radius 2 is 2.00 bits per heavy atom. The van der Waals surface area contributed by atoms with Crippen molar-refractivity contribution in [2.45, 2.75) is 11.5 Å². The van der Waals surface area contributed by atoms with Crippen molar-refractivity contribution < 1.29 is 9.84 Å². The molecule has 2 aromatic carbocycles. The number of hydrogen-bond donors (Lipinski definition) is 1. The van der Waals surface area contributed by atoms with Crippen LogP contribution < -0.4 is 4.74 Å². The van der Waals surface area contributed by atoms with E-state index < -0.39 is 0 Å². The summed E-state index contributed by atoms with van der Waals surface area (Å²) in [6.45, 7) is -0.172. The van der Waals surface area contributed by atoms with Crippen molar-refractivity contribution in [3.05, 3.63) is 54.2 Å². The minimum absolute atomic E-state index is 0.172. The van der Waals surface area contributed by atoms with E-state index in [9.17, 15) is 5.11 Å². The summed E-state index contributed by atoms with van der Waals surface area (Å²) in [4.78, 5) is 1.14. The van der Waals surface area contributed by atoms with Gasteiger partial charge in [0.05, 0.1) is 19.4 Å². The lowest BCUT2D eigenvalue weighted by molar-refractivity contribution is 0.277. The number of hydrogen-bond acceptors (Lipinski definition) is 5. The Labute approximate surface area is 138 Å². The van der Waals surface area contributed by atoms with Gasteiger partial charge in [0.1, 0.15) is 17.1 Å². The van der Waals surface area contributed by atoms with Crippen LogP contribution >= 0.6 is 11.8 Å². The molecule has 3 rings (SSSR count). The van der Waals surface area contributed by atoms with E-state index in [1.807, 2.05) is 54.8 Å². The summed E-state index contributed by atoms with van der Waals surface area (Å²) in [6, 6.07) is 15.7. The minimum atomic E-state index is -0.172. The quantitative estimate of drug-likeness (QED) is 0.730. The molecule has 1 N–H and O–H groups in total. The van der Waals surface area contributed by atoms with Crippen molar-refractivity contribution in [3.63, 3.8) is 0 Å². The molecule has 3 aromatic rings. The lowest BCUT2D eigenvalue weighted by Crippen LogP contribution is -2.00. The summed E-state index contributed by atoms with van der Waals surface area (Å²) >= 11 is 1.67. The van der Waals surface area contributed by atoms with Crippen molar-refractivity contribution in [1.29, 1.82) is 0 Å². The van der Waals surface area contributed by atoms with Crippen LogP contribution in [-0.4, -0.2) is 33.5 Å². The molecule has 0 aliphatic heterocycles. The molecule has 0 bridgehead atoms. The number of methoxy groups -OCH3 is 1. The molecule has 0 aliphatic carbocycles. The van der Waals surface area contributed by atoms with Gasteiger partial charge in [0.2, 0.25) is 0 Å². The lowest BCUT2D eigenvalue weighted by Gasteiger charge is -2.10. The Hall–Kier alpha value is -2.31. The molecule has 0 spiro atoms. The van der Waals surface area contributed by atoms with E-state index in [2.05, 4.69) is 10.3 Å². The number of aromatic nitrogens is 3. The zero-order valence-corrected chi connectivity index (χ0v) is 13.7. The third-order valence-corrected chi connectivity index (χ3v) is 4.26. The predicted molar refractivity (Wildman–Crippen MR) is 91.1 cm³/mol. The third kappa shape index (κ3) is 3.09. The van der Waals surface area contributed by atoms with Crippen LogP contribution in [0, 0.1) is 0 Å². The van der Waals surface area contributed by atoms with Gasteiger partial charge in [-0.25, -0.2) is 4.68 Å². The molecule has 0 fully saturated rings. The van der Waals surface area contributed by atoms with E-state index >= 15 is 0 Å². The molecule has 23 heavy (non-hydrogen) atoms. The van der Waals surface area contributed by atoms with E-state index in [0.717, 1.165) is 27.6 Å². The predicted octanol–water partition coefficient (Wildman–Crippen LogP) is 3.16. The van der Waals surface area contributed by atoms with Gasteiger partial charge in [-0.1, -0.05) is 23.4 Å². The molecule has 5 nitrogen and oxygen atoms in total. The molecule has 6 heteroatoms. The highest BCUT2D eigenvalue weighted by Gasteiger charge is 2.16. The standard InChI is InChI=1S/C17H17N3O2S/c1-22-14-7-3-5-12(9-14)17-16(11-21)18-19-20(17)13-6-4-8-15(10-13)23-2/h3-10,21H,11H2,1-2H3. The maximum atomic E-state index is 9.62. The summed E-state index contributed by atoms with van der Waals surface area (Å²) in [7, 11) is 1.63. The van der Waals surface area contributed by atoms with Crippen LogP contribution in [0.2, 0.25) is 0 Å². The van der Waals surface area contributed by atoms with Gasteiger partial charge in [-0.15, -0.1) is 16.9 Å². The molecule has 0 saturated carbocycles. The molecule has 0 aliphatic rings. The first-order chi connectivity index (χ1) is 11.3. The molecule has 0 atom stereocenters. The van der Waals surface area contributed by atoms with Gasteiger partial charge in [-0.3, -0.25) is 0 Å². The fraction of sp³-hybridized carbons (Fsp3) is 0.176. The summed E-state index contributed by atoms with van der Waals surface area (Å²) in [5.74, 6) is 0.747. The number of rotatable bonds is 5. The maximum absolute atomic E-state index is 9.62. The molecule has 118 valence electrons. The summed E-state index contributed by atoms with van der Waals surface area (Å²) in [5.41, 5.74) is 3.10. The van der Waals surface area contributed by atoms with Crippen molar-refractivity contribution in [2.24, 2.45) is 0 Å². The highest BCUT2D eigenvalue weighted by atomic mass is 32.2. The highest BCUT2D eigenvalue weighted by Crippen LogP contribution is 2.29. The highest BCUT2D eigenvalue weighted by molar-refractivity contribution is 7.98. The number of nitrogens with zero attached hydrogens (tertiary/aromatic N) is 3. The SMILES string of the molecule is COc1cccc(-c2c(CO)nnn2-c2cccc(SC)c2)c1. The smallest absolute Gasteiger partial charge is 0.119 e. The molecule has 0 saturated heterocycles. The Kier molecular flexibility index (Phi) is 4.64. The van der Waals surface area contributed by atoms with E-state index in [-0.39, 0.29) is 6.61 Å². The van der Waals surface area contributed by atoms with Crippen molar-refractivity contribution in [2.75, 3.05) is 13.4 Å². The third-order valence-electron chi connectivity index (χ3n) is 3.53. The molecule has 1 heterocycles. The van der Waals surface area contributed by atoms with Crippen LogP contribution in [0.4, 0.5) is 0 Å². The van der Waals surface area contributed by atoms with E-state index in [1.165, 1.54) is 0 Å². The molecule has 0 amide bonds. The Morgan fingerprint density at radius 3 is 2.74 bits per heavy atom. The zero-order chi connectivity index (χ0) is 16.2. The van der Waals surface area contributed by atoms with E-state index in [1.54, 1.807) is 23.6 Å². The monoisotopic (exact) mass is 327 g/mol. The zero-order valence-electron chi connectivity index (χ0n) is 12.9. The number of ether oxygens (including phenoxy) is 1. The van der Waals surface area contributed by atoms with Crippen LogP contribution in [-0.2, 0) is 6.61 Å². The Balaban J connectivity index is 2.17. The average molecular weight is 327 g/mol. The van der Waals surface area contributed by atoms with Gasteiger partial charge < -0.3 is 9.84 Å². The molecule has 0 unspecified atom stereocenters. The van der Waals surface area contributed by atoms with E-state index in [0.29, 0.717) is 5.69 Å². The fourth-order valence-corrected chi connectivity index (χ4v) is 2.86. The molecular weight excluding hydrogens is 310 g/mol. The van der Waals surface area contributed by atoms with Gasteiger partial charge in [0, 0.05) is 10.5 Å².